The second kappa shape index (κ2) is 15.6. The minimum absolute atomic E-state index is 0.158. The van der Waals surface area contributed by atoms with Gasteiger partial charge in [0, 0.05) is 72.0 Å². The predicted molar refractivity (Wildman–Crippen MR) is 205 cm³/mol. The number of halogens is 1. The lowest BCUT2D eigenvalue weighted by Crippen LogP contribution is -2.43. The first kappa shape index (κ1) is 37.8. The number of nitrogens with zero attached hydrogens (tertiary/aromatic N) is 4. The zero-order valence-electron chi connectivity index (χ0n) is 30.7. The standard InChI is InChI=1S/C39H47FN8O4S/c1-25-23-41-38(45-36(25)42-28-7-6-8-31(22-28)53(51,52)46-39(2,3)4)43-27-10-12-30(13-11-27)48-19-17-29(18-20-48)47(5)24-26-9-14-32(34(40)21-26)33-15-16-35(49)44-37(33)50/h6-14,21-23,29,33,46H,15-20,24H2,1-5H3,(H,44,49,50)(H2,41,42,43,45). The van der Waals surface area contributed by atoms with Crippen LogP contribution in [0.25, 0.3) is 0 Å². The molecule has 1 atom stereocenters. The van der Waals surface area contributed by atoms with Crippen LogP contribution in [0.4, 0.5) is 33.2 Å². The molecule has 2 aliphatic rings. The smallest absolute Gasteiger partial charge is 0.241 e. The van der Waals surface area contributed by atoms with Gasteiger partial charge in [-0.2, -0.15) is 4.98 Å². The molecule has 0 radical (unpaired) electrons. The van der Waals surface area contributed by atoms with Gasteiger partial charge in [-0.15, -0.1) is 0 Å². The fraction of sp³-hybridized carbons (Fsp3) is 0.385. The van der Waals surface area contributed by atoms with E-state index in [2.05, 4.69) is 59.6 Å². The van der Waals surface area contributed by atoms with E-state index in [1.807, 2.05) is 25.1 Å². The van der Waals surface area contributed by atoms with Gasteiger partial charge in [0.2, 0.25) is 27.8 Å². The Labute approximate surface area is 310 Å². The SMILES string of the molecule is Cc1cnc(Nc2ccc(N3CCC(N(C)Cc4ccc(C5CCC(=O)NC5=O)c(F)c4)CC3)cc2)nc1Nc1cccc(S(=O)(=O)NC(C)(C)C)c1. The van der Waals surface area contributed by atoms with Crippen LogP contribution in [0.1, 0.15) is 69.1 Å². The molecule has 0 bridgehead atoms. The molecule has 0 spiro atoms. The van der Waals surface area contributed by atoms with Gasteiger partial charge >= 0.3 is 0 Å². The van der Waals surface area contributed by atoms with Crippen LogP contribution < -0.4 is 25.6 Å². The Hall–Kier alpha value is -4.92. The second-order valence-corrected chi connectivity index (χ2v) is 16.6. The Bertz CT molecular complexity index is 2080. The van der Waals surface area contributed by atoms with E-state index in [0.29, 0.717) is 42.0 Å². The summed E-state index contributed by atoms with van der Waals surface area (Å²) in [5.74, 6) is -0.833. The number of sulfonamides is 1. The van der Waals surface area contributed by atoms with Crippen molar-refractivity contribution in [1.82, 2.24) is 24.9 Å². The third-order valence-corrected chi connectivity index (χ3v) is 11.3. The molecular formula is C39H47FN8O4S. The normalized spacial score (nSPS) is 17.2. The molecule has 2 fully saturated rings. The first-order chi connectivity index (χ1) is 25.1. The number of imide groups is 1. The Morgan fingerprint density at radius 1 is 0.962 bits per heavy atom. The number of hydrogen-bond acceptors (Lipinski definition) is 10. The molecule has 1 aromatic heterocycles. The summed E-state index contributed by atoms with van der Waals surface area (Å²) in [7, 11) is -1.64. The number of carbonyl (C=O) groups excluding carboxylic acids is 2. The zero-order valence-corrected chi connectivity index (χ0v) is 31.6. The summed E-state index contributed by atoms with van der Waals surface area (Å²) in [5, 5.41) is 8.82. The Morgan fingerprint density at radius 3 is 2.38 bits per heavy atom. The van der Waals surface area contributed by atoms with Gasteiger partial charge in [0.15, 0.2) is 0 Å². The van der Waals surface area contributed by atoms with Crippen molar-refractivity contribution in [3.63, 3.8) is 0 Å². The van der Waals surface area contributed by atoms with Crippen molar-refractivity contribution in [3.8, 4) is 0 Å². The van der Waals surface area contributed by atoms with Gasteiger partial charge in [0.25, 0.3) is 0 Å². The van der Waals surface area contributed by atoms with E-state index in [9.17, 15) is 18.0 Å². The molecule has 3 aromatic carbocycles. The molecule has 2 amide bonds. The fourth-order valence-electron chi connectivity index (χ4n) is 6.78. The van der Waals surface area contributed by atoms with E-state index >= 15 is 4.39 Å². The maximum atomic E-state index is 15.1. The summed E-state index contributed by atoms with van der Waals surface area (Å²) in [4.78, 5) is 37.6. The van der Waals surface area contributed by atoms with Crippen molar-refractivity contribution >= 4 is 50.7 Å². The maximum absolute atomic E-state index is 15.1. The first-order valence-corrected chi connectivity index (χ1v) is 19.3. The number of aromatic nitrogens is 2. The number of amides is 2. The molecule has 3 heterocycles. The number of nitrogens with one attached hydrogen (secondary N) is 4. The van der Waals surface area contributed by atoms with Crippen molar-refractivity contribution in [2.75, 3.05) is 35.7 Å². The van der Waals surface area contributed by atoms with Crippen molar-refractivity contribution < 1.29 is 22.4 Å². The third kappa shape index (κ3) is 9.55. The summed E-state index contributed by atoms with van der Waals surface area (Å²) in [6.07, 6.45) is 4.17. The lowest BCUT2D eigenvalue weighted by atomic mass is 9.89. The van der Waals surface area contributed by atoms with Crippen LogP contribution in [0.2, 0.25) is 0 Å². The molecule has 6 rings (SSSR count). The van der Waals surface area contributed by atoms with Crippen LogP contribution in [-0.2, 0) is 26.2 Å². The number of aryl methyl sites for hydroxylation is 1. The Balaban J connectivity index is 1.02. The highest BCUT2D eigenvalue weighted by Gasteiger charge is 2.30. The Kier molecular flexibility index (Phi) is 11.1. The molecule has 280 valence electrons. The van der Waals surface area contributed by atoms with Gasteiger partial charge in [0.1, 0.15) is 11.6 Å². The molecule has 4 aromatic rings. The molecule has 1 unspecified atom stereocenters. The summed E-state index contributed by atoms with van der Waals surface area (Å²) >= 11 is 0. The van der Waals surface area contributed by atoms with Crippen LogP contribution in [-0.4, -0.2) is 66.8 Å². The highest BCUT2D eigenvalue weighted by atomic mass is 32.2. The van der Waals surface area contributed by atoms with Gasteiger partial charge in [-0.1, -0.05) is 18.2 Å². The number of rotatable bonds is 11. The monoisotopic (exact) mass is 742 g/mol. The number of piperidine rings is 2. The molecule has 2 saturated heterocycles. The number of hydrogen-bond donors (Lipinski definition) is 4. The summed E-state index contributed by atoms with van der Waals surface area (Å²) in [6.45, 7) is 9.64. The van der Waals surface area contributed by atoms with Crippen molar-refractivity contribution in [3.05, 3.63) is 95.4 Å². The predicted octanol–water partition coefficient (Wildman–Crippen LogP) is 6.11. The quantitative estimate of drug-likeness (QED) is 0.133. The van der Waals surface area contributed by atoms with Crippen molar-refractivity contribution in [1.29, 1.82) is 0 Å². The largest absolute Gasteiger partial charge is 0.371 e. The summed E-state index contributed by atoms with van der Waals surface area (Å²) < 4.78 is 43.5. The Morgan fingerprint density at radius 2 is 1.70 bits per heavy atom. The number of benzene rings is 3. The van der Waals surface area contributed by atoms with Gasteiger partial charge in [0.05, 0.1) is 10.8 Å². The lowest BCUT2D eigenvalue weighted by Gasteiger charge is -2.38. The highest BCUT2D eigenvalue weighted by Crippen LogP contribution is 2.30. The van der Waals surface area contributed by atoms with Crippen LogP contribution in [0.15, 0.2) is 77.8 Å². The number of anilines is 5. The molecule has 2 aliphatic heterocycles. The van der Waals surface area contributed by atoms with Crippen LogP contribution in [0, 0.1) is 12.7 Å². The van der Waals surface area contributed by atoms with Gasteiger partial charge in [-0.25, -0.2) is 22.5 Å². The van der Waals surface area contributed by atoms with Gasteiger partial charge in [-0.3, -0.25) is 19.8 Å². The maximum Gasteiger partial charge on any atom is 0.241 e. The van der Waals surface area contributed by atoms with E-state index < -0.39 is 33.2 Å². The average Bonchev–Trinajstić information content (AvgIpc) is 3.10. The van der Waals surface area contributed by atoms with Crippen molar-refractivity contribution in [2.45, 2.75) is 82.3 Å². The molecule has 0 saturated carbocycles. The molecular weight excluding hydrogens is 696 g/mol. The number of carbonyl (C=O) groups is 2. The first-order valence-electron chi connectivity index (χ1n) is 17.8. The van der Waals surface area contributed by atoms with E-state index in [1.54, 1.807) is 57.3 Å². The second-order valence-electron chi connectivity index (χ2n) is 14.9. The molecule has 53 heavy (non-hydrogen) atoms. The third-order valence-electron chi connectivity index (χ3n) is 9.51. The van der Waals surface area contributed by atoms with E-state index in [4.69, 9.17) is 0 Å². The molecule has 14 heteroatoms. The van der Waals surface area contributed by atoms with E-state index in [1.165, 1.54) is 6.07 Å². The van der Waals surface area contributed by atoms with Crippen LogP contribution in [0.5, 0.6) is 0 Å². The molecule has 4 N–H and O–H groups in total. The van der Waals surface area contributed by atoms with Crippen molar-refractivity contribution in [2.24, 2.45) is 0 Å². The fourth-order valence-corrected chi connectivity index (χ4v) is 8.24. The van der Waals surface area contributed by atoms with Gasteiger partial charge < -0.3 is 15.5 Å². The summed E-state index contributed by atoms with van der Waals surface area (Å²) in [6, 6.07) is 20.2. The van der Waals surface area contributed by atoms with Gasteiger partial charge in [-0.05, 0) is 108 Å². The van der Waals surface area contributed by atoms with Crippen LogP contribution >= 0.6 is 0 Å². The zero-order chi connectivity index (χ0) is 37.9. The topological polar surface area (TPSA) is 149 Å². The van der Waals surface area contributed by atoms with Crippen LogP contribution in [0.3, 0.4) is 0 Å². The summed E-state index contributed by atoms with van der Waals surface area (Å²) in [5.41, 5.74) is 3.91. The molecule has 0 aliphatic carbocycles. The minimum atomic E-state index is -3.70. The van der Waals surface area contributed by atoms with E-state index in [-0.39, 0.29) is 17.2 Å². The average molecular weight is 743 g/mol. The highest BCUT2D eigenvalue weighted by molar-refractivity contribution is 7.89. The minimum Gasteiger partial charge on any atom is -0.371 e. The molecule has 12 nitrogen and oxygen atoms in total. The van der Waals surface area contributed by atoms with E-state index in [0.717, 1.165) is 48.4 Å². The lowest BCUT2D eigenvalue weighted by molar-refractivity contribution is -0.134.